The highest BCUT2D eigenvalue weighted by Gasteiger charge is 1.98. The van der Waals surface area contributed by atoms with Crippen LogP contribution >= 0.6 is 0 Å². The average Bonchev–Trinajstić information content (AvgIpc) is 2.49. The van der Waals surface area contributed by atoms with Crippen molar-refractivity contribution in [1.82, 2.24) is 9.78 Å². The lowest BCUT2D eigenvalue weighted by molar-refractivity contribution is 0.540. The molecule has 0 aromatic carbocycles. The van der Waals surface area contributed by atoms with Gasteiger partial charge in [0, 0.05) is 12.2 Å². The third-order valence-electron chi connectivity index (χ3n) is 2.08. The second kappa shape index (κ2) is 7.60. The minimum atomic E-state index is 1.08. The van der Waals surface area contributed by atoms with Crippen molar-refractivity contribution in [3.05, 3.63) is 17.5 Å². The molecule has 0 aliphatic carbocycles. The van der Waals surface area contributed by atoms with E-state index >= 15 is 0 Å². The number of aryl methyl sites for hydroxylation is 3. The van der Waals surface area contributed by atoms with E-state index < -0.39 is 0 Å². The lowest BCUT2D eigenvalue weighted by atomic mass is 10.2. The number of nitrogens with zero attached hydrogens (tertiary/aromatic N) is 2. The summed E-state index contributed by atoms with van der Waals surface area (Å²) in [5, 5.41) is 4.40. The normalized spacial score (nSPS) is 9.50. The monoisotopic (exact) mass is 196 g/mol. The van der Waals surface area contributed by atoms with Crippen molar-refractivity contribution in [3.63, 3.8) is 0 Å². The molecule has 0 atom stereocenters. The fraction of sp³-hybridized carbons (Fsp3) is 0.750. The first kappa shape index (κ1) is 13.2. The Balaban J connectivity index is 0.000000791. The van der Waals surface area contributed by atoms with Gasteiger partial charge < -0.3 is 0 Å². The number of rotatable bonds is 4. The molecular weight excluding hydrogens is 172 g/mol. The summed E-state index contributed by atoms with van der Waals surface area (Å²) in [6, 6.07) is 2.13. The summed E-state index contributed by atoms with van der Waals surface area (Å²) in [6.45, 7) is 11.5. The Kier molecular flexibility index (Phi) is 7.17. The molecule has 0 unspecified atom stereocenters. The molecule has 0 spiro atoms. The summed E-state index contributed by atoms with van der Waals surface area (Å²) in [5.41, 5.74) is 2.41. The predicted octanol–water partition coefficient (Wildman–Crippen LogP) is 3.72. The Morgan fingerprint density at radius 1 is 1.21 bits per heavy atom. The molecule has 0 saturated carbocycles. The zero-order chi connectivity index (χ0) is 11.0. The van der Waals surface area contributed by atoms with E-state index in [1.807, 2.05) is 20.8 Å². The maximum Gasteiger partial charge on any atom is 0.0596 e. The van der Waals surface area contributed by atoms with Crippen LogP contribution in [0.1, 0.15) is 51.4 Å². The maximum absolute atomic E-state index is 4.40. The van der Waals surface area contributed by atoms with Crippen LogP contribution in [-0.4, -0.2) is 9.78 Å². The molecule has 0 aliphatic rings. The lowest BCUT2D eigenvalue weighted by Crippen LogP contribution is -2.02. The topological polar surface area (TPSA) is 17.8 Å². The second-order valence-electron chi connectivity index (χ2n) is 3.36. The standard InChI is InChI=1S/C10H18N2.C2H6/c1-4-5-6-7-12-10(3)8-9(2)11-12;1-2/h8H,4-7H2,1-3H3;1-2H3. The van der Waals surface area contributed by atoms with Gasteiger partial charge in [0.1, 0.15) is 0 Å². The van der Waals surface area contributed by atoms with Gasteiger partial charge in [-0.15, -0.1) is 0 Å². The van der Waals surface area contributed by atoms with Gasteiger partial charge in [-0.25, -0.2) is 0 Å². The molecule has 0 bridgehead atoms. The van der Waals surface area contributed by atoms with Crippen molar-refractivity contribution < 1.29 is 0 Å². The third-order valence-corrected chi connectivity index (χ3v) is 2.08. The van der Waals surface area contributed by atoms with Crippen LogP contribution in [-0.2, 0) is 6.54 Å². The van der Waals surface area contributed by atoms with Crippen molar-refractivity contribution >= 4 is 0 Å². The van der Waals surface area contributed by atoms with Crippen molar-refractivity contribution in [3.8, 4) is 0 Å². The van der Waals surface area contributed by atoms with E-state index in [-0.39, 0.29) is 0 Å². The van der Waals surface area contributed by atoms with Crippen LogP contribution in [0.25, 0.3) is 0 Å². The van der Waals surface area contributed by atoms with Crippen LogP contribution in [0.4, 0.5) is 0 Å². The summed E-state index contributed by atoms with van der Waals surface area (Å²) in [4.78, 5) is 0. The highest BCUT2D eigenvalue weighted by atomic mass is 15.3. The van der Waals surface area contributed by atoms with E-state index in [2.05, 4.69) is 29.7 Å². The van der Waals surface area contributed by atoms with Gasteiger partial charge in [-0.2, -0.15) is 5.10 Å². The van der Waals surface area contributed by atoms with Gasteiger partial charge >= 0.3 is 0 Å². The zero-order valence-electron chi connectivity index (χ0n) is 10.3. The van der Waals surface area contributed by atoms with Crippen molar-refractivity contribution in [2.75, 3.05) is 0 Å². The number of unbranched alkanes of at least 4 members (excludes halogenated alkanes) is 2. The minimum absolute atomic E-state index is 1.08. The maximum atomic E-state index is 4.40. The highest BCUT2D eigenvalue weighted by molar-refractivity contribution is 5.06. The number of hydrogen-bond donors (Lipinski definition) is 0. The van der Waals surface area contributed by atoms with Gasteiger partial charge in [-0.05, 0) is 26.3 Å². The first-order valence-electron chi connectivity index (χ1n) is 5.75. The molecule has 0 amide bonds. The number of aromatic nitrogens is 2. The second-order valence-corrected chi connectivity index (χ2v) is 3.36. The smallest absolute Gasteiger partial charge is 0.0596 e. The molecule has 0 aliphatic heterocycles. The van der Waals surface area contributed by atoms with Crippen LogP contribution in [0, 0.1) is 13.8 Å². The van der Waals surface area contributed by atoms with Gasteiger partial charge in [-0.1, -0.05) is 33.6 Å². The zero-order valence-corrected chi connectivity index (χ0v) is 10.3. The molecular formula is C12H24N2. The Morgan fingerprint density at radius 3 is 2.29 bits per heavy atom. The SMILES string of the molecule is CC.CCCCCn1nc(C)cc1C. The predicted molar refractivity (Wildman–Crippen MR) is 62.6 cm³/mol. The molecule has 1 aromatic heterocycles. The van der Waals surface area contributed by atoms with E-state index in [1.165, 1.54) is 25.0 Å². The Morgan fingerprint density at radius 2 is 1.86 bits per heavy atom. The molecule has 2 nitrogen and oxygen atoms in total. The van der Waals surface area contributed by atoms with Crippen molar-refractivity contribution in [2.24, 2.45) is 0 Å². The van der Waals surface area contributed by atoms with Gasteiger partial charge in [0.15, 0.2) is 0 Å². The lowest BCUT2D eigenvalue weighted by Gasteiger charge is -2.02. The molecule has 1 rings (SSSR count). The fourth-order valence-corrected chi connectivity index (χ4v) is 1.41. The largest absolute Gasteiger partial charge is 0.270 e. The van der Waals surface area contributed by atoms with Crippen LogP contribution in [0.5, 0.6) is 0 Å². The molecule has 0 N–H and O–H groups in total. The third kappa shape index (κ3) is 4.45. The molecule has 82 valence electrons. The van der Waals surface area contributed by atoms with Gasteiger partial charge in [0.2, 0.25) is 0 Å². The average molecular weight is 196 g/mol. The highest BCUT2D eigenvalue weighted by Crippen LogP contribution is 2.04. The Hall–Kier alpha value is -0.790. The van der Waals surface area contributed by atoms with Crippen LogP contribution < -0.4 is 0 Å². The van der Waals surface area contributed by atoms with Gasteiger partial charge in [0.05, 0.1) is 5.69 Å². The quantitative estimate of drug-likeness (QED) is 0.671. The minimum Gasteiger partial charge on any atom is -0.270 e. The summed E-state index contributed by atoms with van der Waals surface area (Å²) in [5.74, 6) is 0. The van der Waals surface area contributed by atoms with Crippen molar-refractivity contribution in [1.29, 1.82) is 0 Å². The molecule has 0 saturated heterocycles. The van der Waals surface area contributed by atoms with Crippen LogP contribution in [0.15, 0.2) is 6.07 Å². The Labute approximate surface area is 88.3 Å². The molecule has 0 radical (unpaired) electrons. The summed E-state index contributed by atoms with van der Waals surface area (Å²) in [6.07, 6.45) is 3.83. The van der Waals surface area contributed by atoms with E-state index in [9.17, 15) is 0 Å². The molecule has 1 heterocycles. The molecule has 0 fully saturated rings. The summed E-state index contributed by atoms with van der Waals surface area (Å²) < 4.78 is 2.10. The van der Waals surface area contributed by atoms with E-state index in [0.29, 0.717) is 0 Å². The van der Waals surface area contributed by atoms with E-state index in [0.717, 1.165) is 12.2 Å². The van der Waals surface area contributed by atoms with E-state index in [4.69, 9.17) is 0 Å². The first-order valence-corrected chi connectivity index (χ1v) is 5.75. The van der Waals surface area contributed by atoms with Crippen LogP contribution in [0.2, 0.25) is 0 Å². The molecule has 2 heteroatoms. The first-order chi connectivity index (χ1) is 6.74. The summed E-state index contributed by atoms with van der Waals surface area (Å²) in [7, 11) is 0. The fourth-order valence-electron chi connectivity index (χ4n) is 1.41. The molecule has 14 heavy (non-hydrogen) atoms. The number of hydrogen-bond acceptors (Lipinski definition) is 1. The van der Waals surface area contributed by atoms with E-state index in [1.54, 1.807) is 0 Å². The van der Waals surface area contributed by atoms with Gasteiger partial charge in [-0.3, -0.25) is 4.68 Å². The van der Waals surface area contributed by atoms with Gasteiger partial charge in [0.25, 0.3) is 0 Å². The molecule has 1 aromatic rings. The Bertz CT molecular complexity index is 238. The van der Waals surface area contributed by atoms with Crippen LogP contribution in [0.3, 0.4) is 0 Å². The summed E-state index contributed by atoms with van der Waals surface area (Å²) >= 11 is 0. The van der Waals surface area contributed by atoms with Crippen molar-refractivity contribution in [2.45, 2.75) is 60.4 Å².